The second kappa shape index (κ2) is 9.18. The molecule has 1 fully saturated rings. The van der Waals surface area contributed by atoms with Crippen LogP contribution >= 0.6 is 22.9 Å². The Morgan fingerprint density at radius 1 is 1.16 bits per heavy atom. The molecule has 1 aliphatic rings. The van der Waals surface area contributed by atoms with Crippen molar-refractivity contribution in [3.05, 3.63) is 86.6 Å². The number of carbonyl (C=O) groups is 2. The van der Waals surface area contributed by atoms with Crippen LogP contribution in [-0.4, -0.2) is 23.4 Å². The zero-order valence-electron chi connectivity index (χ0n) is 17.7. The third-order valence-electron chi connectivity index (χ3n) is 5.29. The molecular formula is C25H22ClNO4S. The topological polar surface area (TPSA) is 66.8 Å². The SMILES string of the molecule is CCCOc1ccc(/C(O)=C2/C(=O)C(=O)N(c3cc(Cl)ccc3C)C2c2cccs2)cc1. The molecule has 1 aliphatic heterocycles. The van der Waals surface area contributed by atoms with E-state index in [1.807, 2.05) is 31.4 Å². The average Bonchev–Trinajstić information content (AvgIpc) is 3.41. The van der Waals surface area contributed by atoms with Gasteiger partial charge < -0.3 is 9.84 Å². The molecule has 2 aromatic carbocycles. The van der Waals surface area contributed by atoms with Gasteiger partial charge in [-0.1, -0.05) is 30.7 Å². The molecule has 2 heterocycles. The lowest BCUT2D eigenvalue weighted by Gasteiger charge is -2.25. The van der Waals surface area contributed by atoms with Gasteiger partial charge in [0, 0.05) is 21.2 Å². The molecule has 3 aromatic rings. The zero-order chi connectivity index (χ0) is 22.8. The first kappa shape index (κ1) is 22.1. The Morgan fingerprint density at radius 2 is 1.91 bits per heavy atom. The lowest BCUT2D eigenvalue weighted by Crippen LogP contribution is -2.29. The van der Waals surface area contributed by atoms with Crippen molar-refractivity contribution in [2.45, 2.75) is 26.3 Å². The smallest absolute Gasteiger partial charge is 0.300 e. The minimum Gasteiger partial charge on any atom is -0.507 e. The molecule has 0 aliphatic carbocycles. The summed E-state index contributed by atoms with van der Waals surface area (Å²) in [5.41, 5.74) is 1.84. The number of ether oxygens (including phenoxy) is 1. The fourth-order valence-electron chi connectivity index (χ4n) is 3.72. The number of thiophene rings is 1. The average molecular weight is 468 g/mol. The first-order valence-corrected chi connectivity index (χ1v) is 11.5. The van der Waals surface area contributed by atoms with Gasteiger partial charge in [0.05, 0.1) is 12.2 Å². The van der Waals surface area contributed by atoms with Gasteiger partial charge in [0.25, 0.3) is 11.7 Å². The van der Waals surface area contributed by atoms with Crippen molar-refractivity contribution in [2.24, 2.45) is 0 Å². The normalized spacial score (nSPS) is 17.7. The molecule has 0 radical (unpaired) electrons. The number of aliphatic hydroxyl groups excluding tert-OH is 1. The predicted octanol–water partition coefficient (Wildman–Crippen LogP) is 6.13. The van der Waals surface area contributed by atoms with Gasteiger partial charge in [-0.3, -0.25) is 14.5 Å². The van der Waals surface area contributed by atoms with E-state index in [0.717, 1.165) is 16.9 Å². The van der Waals surface area contributed by atoms with Crippen LogP contribution in [0.4, 0.5) is 5.69 Å². The molecule has 0 bridgehead atoms. The number of benzene rings is 2. The fourth-order valence-corrected chi connectivity index (χ4v) is 4.71. The van der Waals surface area contributed by atoms with E-state index in [0.29, 0.717) is 28.6 Å². The third-order valence-corrected chi connectivity index (χ3v) is 6.45. The molecule has 4 rings (SSSR count). The summed E-state index contributed by atoms with van der Waals surface area (Å²) in [4.78, 5) is 28.5. The van der Waals surface area contributed by atoms with Crippen molar-refractivity contribution >= 4 is 46.1 Å². The number of carbonyl (C=O) groups excluding carboxylic acids is 2. The van der Waals surface area contributed by atoms with E-state index >= 15 is 0 Å². The van der Waals surface area contributed by atoms with E-state index in [2.05, 4.69) is 0 Å². The molecule has 5 nitrogen and oxygen atoms in total. The predicted molar refractivity (Wildman–Crippen MR) is 128 cm³/mol. The Bertz CT molecular complexity index is 1190. The largest absolute Gasteiger partial charge is 0.507 e. The number of Topliss-reactive ketones (excluding diaryl/α,β-unsaturated/α-hetero) is 1. The summed E-state index contributed by atoms with van der Waals surface area (Å²) in [6, 6.07) is 15.0. The van der Waals surface area contributed by atoms with Gasteiger partial charge in [0.1, 0.15) is 17.6 Å². The van der Waals surface area contributed by atoms with E-state index in [1.165, 1.54) is 16.2 Å². The summed E-state index contributed by atoms with van der Waals surface area (Å²) in [5.74, 6) is -0.969. The van der Waals surface area contributed by atoms with E-state index in [4.69, 9.17) is 16.3 Å². The number of ketones is 1. The molecule has 1 unspecified atom stereocenters. The van der Waals surface area contributed by atoms with Gasteiger partial charge in [0.15, 0.2) is 0 Å². The van der Waals surface area contributed by atoms with Crippen LogP contribution in [0.1, 0.15) is 35.4 Å². The first-order valence-electron chi connectivity index (χ1n) is 10.3. The zero-order valence-corrected chi connectivity index (χ0v) is 19.2. The van der Waals surface area contributed by atoms with Crippen LogP contribution in [0.25, 0.3) is 5.76 Å². The van der Waals surface area contributed by atoms with Crippen LogP contribution in [0.5, 0.6) is 5.75 Å². The van der Waals surface area contributed by atoms with Crippen LogP contribution < -0.4 is 9.64 Å². The molecule has 1 N–H and O–H groups in total. The van der Waals surface area contributed by atoms with Gasteiger partial charge >= 0.3 is 0 Å². The van der Waals surface area contributed by atoms with E-state index in [1.54, 1.807) is 42.5 Å². The summed E-state index contributed by atoms with van der Waals surface area (Å²) in [6.45, 7) is 4.46. The van der Waals surface area contributed by atoms with E-state index in [-0.39, 0.29) is 11.3 Å². The molecule has 164 valence electrons. The number of aliphatic hydroxyl groups is 1. The van der Waals surface area contributed by atoms with Crippen molar-refractivity contribution < 1.29 is 19.4 Å². The number of halogens is 1. The van der Waals surface area contributed by atoms with Gasteiger partial charge in [-0.15, -0.1) is 11.3 Å². The molecule has 1 atom stereocenters. The van der Waals surface area contributed by atoms with Gasteiger partial charge in [0.2, 0.25) is 0 Å². The maximum atomic E-state index is 13.2. The van der Waals surface area contributed by atoms with E-state index < -0.39 is 17.7 Å². The molecule has 1 aromatic heterocycles. The molecule has 0 saturated carbocycles. The summed E-state index contributed by atoms with van der Waals surface area (Å²) >= 11 is 7.62. The fraction of sp³-hybridized carbons (Fsp3) is 0.200. The Balaban J connectivity index is 1.84. The highest BCUT2D eigenvalue weighted by Crippen LogP contribution is 2.44. The molecule has 32 heavy (non-hydrogen) atoms. The highest BCUT2D eigenvalue weighted by molar-refractivity contribution is 7.10. The highest BCUT2D eigenvalue weighted by atomic mass is 35.5. The molecular weight excluding hydrogens is 446 g/mol. The summed E-state index contributed by atoms with van der Waals surface area (Å²) in [7, 11) is 0. The van der Waals surface area contributed by atoms with Crippen LogP contribution in [-0.2, 0) is 9.59 Å². The maximum Gasteiger partial charge on any atom is 0.300 e. The standard InChI is InChI=1S/C25H22ClNO4S/c1-3-12-31-18-10-7-16(8-11-18)23(28)21-22(20-5-4-13-32-20)27(25(30)24(21)29)19-14-17(26)9-6-15(19)2/h4-11,13-14,22,28H,3,12H2,1-2H3/b23-21-. The van der Waals surface area contributed by atoms with Gasteiger partial charge in [-0.25, -0.2) is 0 Å². The lowest BCUT2D eigenvalue weighted by atomic mass is 9.99. The monoisotopic (exact) mass is 467 g/mol. The van der Waals surface area contributed by atoms with Gasteiger partial charge in [-0.2, -0.15) is 0 Å². The van der Waals surface area contributed by atoms with Crippen molar-refractivity contribution in [1.82, 2.24) is 0 Å². The molecule has 7 heteroatoms. The van der Waals surface area contributed by atoms with E-state index in [9.17, 15) is 14.7 Å². The van der Waals surface area contributed by atoms with Crippen molar-refractivity contribution in [3.63, 3.8) is 0 Å². The maximum absolute atomic E-state index is 13.2. The van der Waals surface area contributed by atoms with Crippen molar-refractivity contribution in [3.8, 4) is 5.75 Å². The minimum absolute atomic E-state index is 0.0547. The number of rotatable bonds is 6. The first-order chi connectivity index (χ1) is 15.4. The second-order valence-corrected chi connectivity index (χ2v) is 8.90. The van der Waals surface area contributed by atoms with Crippen LogP contribution in [0.3, 0.4) is 0 Å². The number of hydrogen-bond donors (Lipinski definition) is 1. The van der Waals surface area contributed by atoms with Crippen LogP contribution in [0, 0.1) is 6.92 Å². The second-order valence-electron chi connectivity index (χ2n) is 7.49. The van der Waals surface area contributed by atoms with Crippen LogP contribution in [0.15, 0.2) is 65.6 Å². The number of anilines is 1. The third kappa shape index (κ3) is 4.04. The summed E-state index contributed by atoms with van der Waals surface area (Å²) in [6.07, 6.45) is 0.884. The molecule has 1 saturated heterocycles. The Labute approximate surface area is 195 Å². The van der Waals surface area contributed by atoms with Crippen LogP contribution in [0.2, 0.25) is 5.02 Å². The minimum atomic E-state index is -0.747. The van der Waals surface area contributed by atoms with Crippen molar-refractivity contribution in [1.29, 1.82) is 0 Å². The Kier molecular flexibility index (Phi) is 6.35. The Hall–Kier alpha value is -3.09. The van der Waals surface area contributed by atoms with Crippen molar-refractivity contribution in [2.75, 3.05) is 11.5 Å². The van der Waals surface area contributed by atoms with Gasteiger partial charge in [-0.05, 0) is 66.8 Å². The quantitative estimate of drug-likeness (QED) is 0.269. The Morgan fingerprint density at radius 3 is 2.56 bits per heavy atom. The summed E-state index contributed by atoms with van der Waals surface area (Å²) in [5, 5.41) is 13.5. The number of amides is 1. The molecule has 0 spiro atoms. The summed E-state index contributed by atoms with van der Waals surface area (Å²) < 4.78 is 5.60. The highest BCUT2D eigenvalue weighted by Gasteiger charge is 2.47. The number of nitrogens with zero attached hydrogens (tertiary/aromatic N) is 1. The lowest BCUT2D eigenvalue weighted by molar-refractivity contribution is -0.132. The molecule has 1 amide bonds. The number of hydrogen-bond acceptors (Lipinski definition) is 5. The number of aryl methyl sites for hydroxylation is 1.